The Morgan fingerprint density at radius 1 is 1.22 bits per heavy atom. The van der Waals surface area contributed by atoms with Gasteiger partial charge < -0.3 is 5.32 Å². The lowest BCUT2D eigenvalue weighted by Gasteiger charge is -2.10. The first-order valence-electron chi connectivity index (χ1n) is 8.21. The number of nitrogens with one attached hydrogen (secondary N) is 1. The predicted octanol–water partition coefficient (Wildman–Crippen LogP) is 2.27. The average Bonchev–Trinajstić information content (AvgIpc) is 2.95. The second-order valence-corrected chi connectivity index (χ2v) is 6.35. The van der Waals surface area contributed by atoms with Crippen LogP contribution < -0.4 is 10.9 Å². The largest absolute Gasteiger partial charge is 0.350 e. The smallest absolute Gasteiger partial charge is 0.266 e. The SMILES string of the molecule is Cc1cc(C)n(-c2ccc(=O)n(CCNC(=O)c3c(F)cccc3Cl)n2)n1. The van der Waals surface area contributed by atoms with Crippen LogP contribution in [0.2, 0.25) is 5.02 Å². The first-order valence-corrected chi connectivity index (χ1v) is 8.58. The number of carbonyl (C=O) groups excluding carboxylic acids is 1. The van der Waals surface area contributed by atoms with Crippen molar-refractivity contribution in [2.75, 3.05) is 6.54 Å². The van der Waals surface area contributed by atoms with Crippen molar-refractivity contribution < 1.29 is 9.18 Å². The maximum atomic E-state index is 13.8. The molecule has 2 heterocycles. The fourth-order valence-corrected chi connectivity index (χ4v) is 2.90. The third-order valence-corrected chi connectivity index (χ3v) is 4.19. The van der Waals surface area contributed by atoms with Gasteiger partial charge >= 0.3 is 0 Å². The van der Waals surface area contributed by atoms with E-state index in [2.05, 4.69) is 15.5 Å². The number of aromatic nitrogens is 4. The van der Waals surface area contributed by atoms with E-state index >= 15 is 0 Å². The number of hydrogen-bond acceptors (Lipinski definition) is 4. The van der Waals surface area contributed by atoms with Crippen LogP contribution in [0.5, 0.6) is 0 Å². The molecule has 3 rings (SSSR count). The van der Waals surface area contributed by atoms with E-state index < -0.39 is 11.7 Å². The van der Waals surface area contributed by atoms with Crippen molar-refractivity contribution in [3.8, 4) is 5.82 Å². The summed E-state index contributed by atoms with van der Waals surface area (Å²) >= 11 is 5.87. The molecule has 0 aliphatic carbocycles. The summed E-state index contributed by atoms with van der Waals surface area (Å²) in [5, 5.41) is 11.2. The Balaban J connectivity index is 1.73. The van der Waals surface area contributed by atoms with Crippen molar-refractivity contribution >= 4 is 17.5 Å². The van der Waals surface area contributed by atoms with Crippen molar-refractivity contribution in [2.45, 2.75) is 20.4 Å². The molecule has 0 spiro atoms. The summed E-state index contributed by atoms with van der Waals surface area (Å²) in [6, 6.07) is 8.87. The Bertz CT molecular complexity index is 1040. The molecule has 1 aromatic carbocycles. The van der Waals surface area contributed by atoms with Gasteiger partial charge in [0.1, 0.15) is 5.82 Å². The molecule has 0 aliphatic heterocycles. The molecule has 27 heavy (non-hydrogen) atoms. The minimum absolute atomic E-state index is 0.0225. The maximum absolute atomic E-state index is 13.8. The summed E-state index contributed by atoms with van der Waals surface area (Å²) in [4.78, 5) is 24.2. The van der Waals surface area contributed by atoms with Crippen LogP contribution in [0.15, 0.2) is 41.2 Å². The number of aryl methyl sites for hydroxylation is 2. The molecule has 2 aromatic heterocycles. The number of halogens is 2. The lowest BCUT2D eigenvalue weighted by molar-refractivity contribution is 0.0948. The summed E-state index contributed by atoms with van der Waals surface area (Å²) in [6.07, 6.45) is 0. The molecule has 140 valence electrons. The van der Waals surface area contributed by atoms with Crippen molar-refractivity contribution in [1.29, 1.82) is 0 Å². The van der Waals surface area contributed by atoms with Gasteiger partial charge in [-0.15, -0.1) is 5.10 Å². The molecule has 1 N–H and O–H groups in total. The molecule has 0 fully saturated rings. The summed E-state index contributed by atoms with van der Waals surface area (Å²) in [5.41, 5.74) is 1.17. The fourth-order valence-electron chi connectivity index (χ4n) is 2.65. The van der Waals surface area contributed by atoms with Crippen LogP contribution in [0.25, 0.3) is 5.82 Å². The monoisotopic (exact) mass is 389 g/mol. The number of amides is 1. The van der Waals surface area contributed by atoms with E-state index in [-0.39, 0.29) is 29.2 Å². The van der Waals surface area contributed by atoms with Crippen LogP contribution in [0, 0.1) is 19.7 Å². The summed E-state index contributed by atoms with van der Waals surface area (Å²) in [6.45, 7) is 3.94. The van der Waals surface area contributed by atoms with Crippen LogP contribution in [0.3, 0.4) is 0 Å². The normalized spacial score (nSPS) is 10.8. The predicted molar refractivity (Wildman–Crippen MR) is 98.8 cm³/mol. The van der Waals surface area contributed by atoms with Gasteiger partial charge in [0, 0.05) is 18.3 Å². The zero-order valence-electron chi connectivity index (χ0n) is 14.7. The van der Waals surface area contributed by atoms with E-state index in [0.29, 0.717) is 5.82 Å². The molecule has 9 heteroatoms. The average molecular weight is 390 g/mol. The highest BCUT2D eigenvalue weighted by Crippen LogP contribution is 2.18. The molecular weight excluding hydrogens is 373 g/mol. The number of benzene rings is 1. The summed E-state index contributed by atoms with van der Waals surface area (Å²) in [7, 11) is 0. The number of carbonyl (C=O) groups is 1. The highest BCUT2D eigenvalue weighted by molar-refractivity contribution is 6.33. The first-order chi connectivity index (χ1) is 12.9. The van der Waals surface area contributed by atoms with Crippen LogP contribution >= 0.6 is 11.6 Å². The number of rotatable bonds is 5. The zero-order valence-corrected chi connectivity index (χ0v) is 15.5. The highest BCUT2D eigenvalue weighted by Gasteiger charge is 2.15. The van der Waals surface area contributed by atoms with Crippen molar-refractivity contribution in [3.63, 3.8) is 0 Å². The van der Waals surface area contributed by atoms with Crippen LogP contribution in [0.4, 0.5) is 4.39 Å². The summed E-state index contributed by atoms with van der Waals surface area (Å²) < 4.78 is 16.6. The van der Waals surface area contributed by atoms with Crippen molar-refractivity contribution in [1.82, 2.24) is 24.9 Å². The number of nitrogens with zero attached hydrogens (tertiary/aromatic N) is 4. The minimum atomic E-state index is -0.707. The van der Waals surface area contributed by atoms with E-state index in [0.717, 1.165) is 17.5 Å². The zero-order chi connectivity index (χ0) is 19.6. The molecule has 7 nitrogen and oxygen atoms in total. The fraction of sp³-hybridized carbons (Fsp3) is 0.222. The first kappa shape index (κ1) is 18.8. The molecule has 0 bridgehead atoms. The minimum Gasteiger partial charge on any atom is -0.350 e. The van der Waals surface area contributed by atoms with Gasteiger partial charge in [0.05, 0.1) is 22.8 Å². The lowest BCUT2D eigenvalue weighted by atomic mass is 10.2. The van der Waals surface area contributed by atoms with Gasteiger partial charge in [-0.2, -0.15) is 5.10 Å². The van der Waals surface area contributed by atoms with Gasteiger partial charge in [-0.3, -0.25) is 9.59 Å². The molecule has 3 aromatic rings. The van der Waals surface area contributed by atoms with Gasteiger partial charge in [0.15, 0.2) is 5.82 Å². The van der Waals surface area contributed by atoms with Gasteiger partial charge in [0.2, 0.25) is 0 Å². The second-order valence-electron chi connectivity index (χ2n) is 5.94. The Kier molecular flexibility index (Phi) is 5.36. The standard InChI is InChI=1S/C18H17ClFN5O2/c1-11-10-12(2)25(22-11)15-6-7-16(26)24(23-15)9-8-21-18(27)17-13(19)4-3-5-14(17)20/h3-7,10H,8-9H2,1-2H3,(H,21,27). The van der Waals surface area contributed by atoms with Gasteiger partial charge in [-0.05, 0) is 38.1 Å². The van der Waals surface area contributed by atoms with Gasteiger partial charge in [-0.25, -0.2) is 13.8 Å². The Morgan fingerprint density at radius 3 is 2.67 bits per heavy atom. The highest BCUT2D eigenvalue weighted by atomic mass is 35.5. The van der Waals surface area contributed by atoms with Gasteiger partial charge in [-0.1, -0.05) is 17.7 Å². The third kappa shape index (κ3) is 4.06. The quantitative estimate of drug-likeness (QED) is 0.725. The maximum Gasteiger partial charge on any atom is 0.266 e. The van der Waals surface area contributed by atoms with Crippen LogP contribution in [-0.2, 0) is 6.54 Å². The molecule has 0 unspecified atom stereocenters. The van der Waals surface area contributed by atoms with Gasteiger partial charge in [0.25, 0.3) is 11.5 Å². The van der Waals surface area contributed by atoms with Crippen molar-refractivity contribution in [2.24, 2.45) is 0 Å². The summed E-state index contributed by atoms with van der Waals surface area (Å²) in [5.74, 6) is -0.869. The Labute approximate surface area is 159 Å². The lowest BCUT2D eigenvalue weighted by Crippen LogP contribution is -2.32. The third-order valence-electron chi connectivity index (χ3n) is 3.88. The molecule has 0 aliphatic rings. The second kappa shape index (κ2) is 7.71. The number of hydrogen-bond donors (Lipinski definition) is 1. The van der Waals surface area contributed by atoms with E-state index in [1.54, 1.807) is 10.7 Å². The molecular formula is C18H17ClFN5O2. The molecule has 0 radical (unpaired) electrons. The van der Waals surface area contributed by atoms with Crippen LogP contribution in [-0.4, -0.2) is 32.0 Å². The Morgan fingerprint density at radius 2 is 2.00 bits per heavy atom. The molecule has 0 saturated heterocycles. The molecule has 1 amide bonds. The van der Waals surface area contributed by atoms with Crippen LogP contribution in [0.1, 0.15) is 21.7 Å². The molecule has 0 saturated carbocycles. The Hall–Kier alpha value is -3.00. The van der Waals surface area contributed by atoms with E-state index in [4.69, 9.17) is 11.6 Å². The van der Waals surface area contributed by atoms with E-state index in [9.17, 15) is 14.0 Å². The van der Waals surface area contributed by atoms with E-state index in [1.807, 2.05) is 19.9 Å². The topological polar surface area (TPSA) is 81.8 Å². The van der Waals surface area contributed by atoms with E-state index in [1.165, 1.54) is 22.9 Å². The molecule has 0 atom stereocenters. The van der Waals surface area contributed by atoms with Crippen molar-refractivity contribution in [3.05, 3.63) is 74.5 Å².